The van der Waals surface area contributed by atoms with Gasteiger partial charge in [-0.3, -0.25) is 14.3 Å². The summed E-state index contributed by atoms with van der Waals surface area (Å²) in [5.41, 5.74) is 1.27. The lowest BCUT2D eigenvalue weighted by molar-refractivity contribution is -0.115. The number of hydrogen-bond donors (Lipinski definition) is 3. The molecule has 138 valence electrons. The molecule has 0 aromatic heterocycles. The molecule has 0 saturated heterocycles. The number of sulfonamides is 1. The molecule has 9 heteroatoms. The topological polar surface area (TPSA) is 114 Å². The fourth-order valence-corrected chi connectivity index (χ4v) is 3.24. The van der Waals surface area contributed by atoms with Crippen LogP contribution in [0.2, 0.25) is 0 Å². The molecule has 0 aliphatic rings. The Morgan fingerprint density at radius 1 is 0.885 bits per heavy atom. The molecule has 0 aliphatic heterocycles. The number of carbonyl (C=O) groups excluding carboxylic acids is 2. The molecule has 0 radical (unpaired) electrons. The van der Waals surface area contributed by atoms with Crippen LogP contribution < -0.4 is 20.1 Å². The fourth-order valence-electron chi connectivity index (χ4n) is 2.17. The van der Waals surface area contributed by atoms with Crippen molar-refractivity contribution in [2.24, 2.45) is 0 Å². The lowest BCUT2D eigenvalue weighted by Gasteiger charge is -2.13. The van der Waals surface area contributed by atoms with E-state index in [0.717, 1.165) is 0 Å². The van der Waals surface area contributed by atoms with Crippen molar-refractivity contribution in [3.63, 3.8) is 0 Å². The summed E-state index contributed by atoms with van der Waals surface area (Å²) in [5, 5.41) is 5.16. The van der Waals surface area contributed by atoms with Crippen molar-refractivity contribution in [2.75, 3.05) is 22.5 Å². The third kappa shape index (κ3) is 4.96. The van der Waals surface area contributed by atoms with Gasteiger partial charge in [0.05, 0.1) is 17.7 Å². The van der Waals surface area contributed by atoms with Crippen LogP contribution in [0, 0.1) is 0 Å². The molecule has 2 amide bonds. The average molecular weight is 377 g/mol. The molecule has 2 rings (SSSR count). The highest BCUT2D eigenvalue weighted by Gasteiger charge is 2.17. The van der Waals surface area contributed by atoms with Crippen molar-refractivity contribution in [1.29, 1.82) is 0 Å². The van der Waals surface area contributed by atoms with E-state index < -0.39 is 10.0 Å². The lowest BCUT2D eigenvalue weighted by Crippen LogP contribution is -2.14. The van der Waals surface area contributed by atoms with Gasteiger partial charge >= 0.3 is 0 Å². The number of amides is 2. The maximum atomic E-state index is 12.5. The second-order valence-electron chi connectivity index (χ2n) is 5.41. The lowest BCUT2D eigenvalue weighted by atomic mass is 10.3. The summed E-state index contributed by atoms with van der Waals surface area (Å²) in [6.45, 7) is 2.73. The van der Waals surface area contributed by atoms with Crippen molar-refractivity contribution in [2.45, 2.75) is 18.7 Å². The zero-order chi connectivity index (χ0) is 19.3. The summed E-state index contributed by atoms with van der Waals surface area (Å²) < 4.78 is 32.7. The van der Waals surface area contributed by atoms with Gasteiger partial charge in [0.15, 0.2) is 0 Å². The van der Waals surface area contributed by atoms with E-state index in [1.807, 2.05) is 0 Å². The van der Waals surface area contributed by atoms with Gasteiger partial charge < -0.3 is 15.4 Å². The summed E-state index contributed by atoms with van der Waals surface area (Å²) in [4.78, 5) is 22.2. The van der Waals surface area contributed by atoms with Crippen molar-refractivity contribution in [1.82, 2.24) is 0 Å². The van der Waals surface area contributed by atoms with Gasteiger partial charge in [-0.1, -0.05) is 0 Å². The highest BCUT2D eigenvalue weighted by molar-refractivity contribution is 7.92. The van der Waals surface area contributed by atoms with Gasteiger partial charge in [0, 0.05) is 31.3 Å². The van der Waals surface area contributed by atoms with E-state index in [1.165, 1.54) is 51.3 Å². The van der Waals surface area contributed by atoms with Gasteiger partial charge in [-0.25, -0.2) is 8.42 Å². The number of nitrogens with one attached hydrogen (secondary N) is 3. The van der Waals surface area contributed by atoms with Gasteiger partial charge in [-0.2, -0.15) is 0 Å². The van der Waals surface area contributed by atoms with Crippen LogP contribution in [0.4, 0.5) is 17.1 Å². The molecule has 0 aliphatic carbocycles. The molecule has 8 nitrogen and oxygen atoms in total. The first-order valence-corrected chi connectivity index (χ1v) is 9.05. The van der Waals surface area contributed by atoms with Crippen molar-refractivity contribution in [3.8, 4) is 5.75 Å². The first kappa shape index (κ1) is 19.3. The molecule has 2 aromatic rings. The molecule has 0 heterocycles. The summed E-state index contributed by atoms with van der Waals surface area (Å²) in [6.07, 6.45) is 0. The van der Waals surface area contributed by atoms with E-state index in [9.17, 15) is 18.0 Å². The van der Waals surface area contributed by atoms with Gasteiger partial charge in [-0.05, 0) is 36.4 Å². The van der Waals surface area contributed by atoms with Crippen LogP contribution in [0.3, 0.4) is 0 Å². The predicted octanol–water partition coefficient (Wildman–Crippen LogP) is 2.41. The standard InChI is InChI=1S/C17H19N3O5S/c1-11(21)18-13-4-6-14(7-5-13)20-26(23,24)15-8-9-16(19-12(2)22)17(10-15)25-3/h4-10,20H,1-3H3,(H,18,21)(H,19,22). The van der Waals surface area contributed by atoms with Gasteiger partial charge in [0.1, 0.15) is 5.75 Å². The second-order valence-corrected chi connectivity index (χ2v) is 7.09. The summed E-state index contributed by atoms with van der Waals surface area (Å²) >= 11 is 0. The molecule has 0 bridgehead atoms. The Labute approximate surface area is 151 Å². The smallest absolute Gasteiger partial charge is 0.262 e. The molecule has 3 N–H and O–H groups in total. The molecule has 0 spiro atoms. The van der Waals surface area contributed by atoms with E-state index in [-0.39, 0.29) is 22.5 Å². The quantitative estimate of drug-likeness (QED) is 0.715. The Kier molecular flexibility index (Phi) is 5.83. The predicted molar refractivity (Wildman–Crippen MR) is 98.9 cm³/mol. The molecular formula is C17H19N3O5S. The number of ether oxygens (including phenoxy) is 1. The van der Waals surface area contributed by atoms with Crippen molar-refractivity contribution >= 4 is 38.9 Å². The Balaban J connectivity index is 2.24. The minimum absolute atomic E-state index is 0.0191. The number of rotatable bonds is 6. The van der Waals surface area contributed by atoms with Gasteiger partial charge in [0.2, 0.25) is 11.8 Å². The zero-order valence-electron chi connectivity index (χ0n) is 14.5. The van der Waals surface area contributed by atoms with Crippen LogP contribution in [0.25, 0.3) is 0 Å². The second kappa shape index (κ2) is 7.87. The Morgan fingerprint density at radius 2 is 1.46 bits per heavy atom. The first-order valence-electron chi connectivity index (χ1n) is 7.57. The van der Waals surface area contributed by atoms with Crippen LogP contribution in [0.5, 0.6) is 5.75 Å². The normalized spacial score (nSPS) is 10.7. The first-order chi connectivity index (χ1) is 12.2. The van der Waals surface area contributed by atoms with E-state index in [2.05, 4.69) is 15.4 Å². The maximum absolute atomic E-state index is 12.5. The minimum Gasteiger partial charge on any atom is -0.495 e. The van der Waals surface area contributed by atoms with Crippen LogP contribution in [0.1, 0.15) is 13.8 Å². The summed E-state index contributed by atoms with van der Waals surface area (Å²) in [5.74, 6) is -0.287. The minimum atomic E-state index is -3.86. The number of hydrogen-bond acceptors (Lipinski definition) is 5. The van der Waals surface area contributed by atoms with Crippen LogP contribution in [-0.2, 0) is 19.6 Å². The van der Waals surface area contributed by atoms with E-state index in [4.69, 9.17) is 4.74 Å². The van der Waals surface area contributed by atoms with E-state index >= 15 is 0 Å². The highest BCUT2D eigenvalue weighted by Crippen LogP contribution is 2.28. The van der Waals surface area contributed by atoms with Crippen molar-refractivity contribution in [3.05, 3.63) is 42.5 Å². The molecular weight excluding hydrogens is 358 g/mol. The third-order valence-electron chi connectivity index (χ3n) is 3.25. The molecule has 0 atom stereocenters. The summed E-state index contributed by atoms with van der Waals surface area (Å²) in [6, 6.07) is 10.4. The molecule has 0 fully saturated rings. The molecule has 2 aromatic carbocycles. The van der Waals surface area contributed by atoms with E-state index in [0.29, 0.717) is 17.1 Å². The number of benzene rings is 2. The van der Waals surface area contributed by atoms with Gasteiger partial charge in [-0.15, -0.1) is 0 Å². The van der Waals surface area contributed by atoms with Crippen LogP contribution >= 0.6 is 0 Å². The average Bonchev–Trinajstić information content (AvgIpc) is 2.55. The Hall–Kier alpha value is -3.07. The monoisotopic (exact) mass is 377 g/mol. The number of carbonyl (C=O) groups is 2. The number of anilines is 3. The van der Waals surface area contributed by atoms with E-state index in [1.54, 1.807) is 12.1 Å². The fraction of sp³-hybridized carbons (Fsp3) is 0.176. The molecule has 0 unspecified atom stereocenters. The summed E-state index contributed by atoms with van der Waals surface area (Å²) in [7, 11) is -2.48. The third-order valence-corrected chi connectivity index (χ3v) is 4.63. The largest absolute Gasteiger partial charge is 0.495 e. The van der Waals surface area contributed by atoms with Crippen LogP contribution in [-0.4, -0.2) is 27.3 Å². The van der Waals surface area contributed by atoms with Crippen LogP contribution in [0.15, 0.2) is 47.4 Å². The Bertz CT molecular complexity index is 924. The highest BCUT2D eigenvalue weighted by atomic mass is 32.2. The Morgan fingerprint density at radius 3 is 2.00 bits per heavy atom. The zero-order valence-corrected chi connectivity index (χ0v) is 15.3. The SMILES string of the molecule is COc1cc(S(=O)(=O)Nc2ccc(NC(C)=O)cc2)ccc1NC(C)=O. The van der Waals surface area contributed by atoms with Crippen molar-refractivity contribution < 1.29 is 22.7 Å². The molecule has 0 saturated carbocycles. The van der Waals surface area contributed by atoms with Gasteiger partial charge in [0.25, 0.3) is 10.0 Å². The maximum Gasteiger partial charge on any atom is 0.262 e. The molecule has 26 heavy (non-hydrogen) atoms. The number of methoxy groups -OCH3 is 1.